The van der Waals surface area contributed by atoms with Gasteiger partial charge >= 0.3 is 6.03 Å². The van der Waals surface area contributed by atoms with E-state index in [0.717, 1.165) is 0 Å². The first-order valence-corrected chi connectivity index (χ1v) is 6.88. The molecule has 2 aromatic rings. The molecule has 22 heavy (non-hydrogen) atoms. The highest BCUT2D eigenvalue weighted by atomic mass is 16.7. The Hall–Kier alpha value is -2.83. The van der Waals surface area contributed by atoms with Gasteiger partial charge in [-0.1, -0.05) is 0 Å². The summed E-state index contributed by atoms with van der Waals surface area (Å²) in [6.07, 6.45) is 1.56. The summed E-state index contributed by atoms with van der Waals surface area (Å²) in [5.41, 5.74) is 0. The number of urea groups is 1. The molecule has 1 aliphatic rings. The number of carbonyl (C=O) groups excluding carboxylic acids is 1. The van der Waals surface area contributed by atoms with Crippen molar-refractivity contribution in [2.45, 2.75) is 6.54 Å². The lowest BCUT2D eigenvalue weighted by Gasteiger charge is -2.09. The lowest BCUT2D eigenvalue weighted by atomic mass is 10.3. The van der Waals surface area contributed by atoms with Crippen molar-refractivity contribution in [2.75, 3.05) is 19.9 Å². The molecule has 0 fully saturated rings. The van der Waals surface area contributed by atoms with Crippen molar-refractivity contribution in [1.29, 1.82) is 0 Å². The number of amides is 2. The van der Waals surface area contributed by atoms with Crippen molar-refractivity contribution in [3.63, 3.8) is 0 Å². The van der Waals surface area contributed by atoms with Gasteiger partial charge in [0, 0.05) is 6.07 Å². The Morgan fingerprint density at radius 2 is 2.09 bits per heavy atom. The smallest absolute Gasteiger partial charge is 0.315 e. The molecule has 1 aromatic carbocycles. The molecule has 0 saturated heterocycles. The molecule has 2 amide bonds. The molecular weight excluding hydrogens is 288 g/mol. The van der Waals surface area contributed by atoms with Crippen LogP contribution >= 0.6 is 0 Å². The summed E-state index contributed by atoms with van der Waals surface area (Å²) in [4.78, 5) is 11.5. The van der Waals surface area contributed by atoms with E-state index in [1.807, 2.05) is 0 Å². The number of nitrogens with one attached hydrogen (secondary N) is 2. The highest BCUT2D eigenvalue weighted by molar-refractivity contribution is 5.73. The van der Waals surface area contributed by atoms with E-state index >= 15 is 0 Å². The second-order valence-corrected chi connectivity index (χ2v) is 4.55. The molecule has 0 aliphatic carbocycles. The highest BCUT2D eigenvalue weighted by Crippen LogP contribution is 2.34. The number of hydrogen-bond donors (Lipinski definition) is 2. The summed E-state index contributed by atoms with van der Waals surface area (Å²) < 4.78 is 21.1. The Balaban J connectivity index is 1.34. The third-order valence-corrected chi connectivity index (χ3v) is 3.00. The van der Waals surface area contributed by atoms with E-state index in [1.54, 1.807) is 36.6 Å². The molecule has 0 radical (unpaired) electrons. The van der Waals surface area contributed by atoms with Gasteiger partial charge in [0.1, 0.15) is 18.1 Å². The zero-order valence-electron chi connectivity index (χ0n) is 11.8. The van der Waals surface area contributed by atoms with Crippen molar-refractivity contribution in [1.82, 2.24) is 10.6 Å². The van der Waals surface area contributed by atoms with Crippen LogP contribution in [-0.2, 0) is 6.54 Å². The molecule has 0 bridgehead atoms. The van der Waals surface area contributed by atoms with Crippen molar-refractivity contribution < 1.29 is 23.4 Å². The highest BCUT2D eigenvalue weighted by Gasteiger charge is 2.13. The van der Waals surface area contributed by atoms with Crippen molar-refractivity contribution >= 4 is 6.03 Å². The SMILES string of the molecule is O=C(NCCOc1ccc2c(c1)OCO2)NCc1ccco1. The molecular formula is C15H16N2O5. The predicted molar refractivity (Wildman–Crippen MR) is 77.0 cm³/mol. The second-order valence-electron chi connectivity index (χ2n) is 4.55. The Bertz CT molecular complexity index is 627. The number of furan rings is 1. The van der Waals surface area contributed by atoms with Crippen molar-refractivity contribution in [3.05, 3.63) is 42.4 Å². The van der Waals surface area contributed by atoms with Crippen LogP contribution in [0.4, 0.5) is 4.79 Å². The van der Waals surface area contributed by atoms with Gasteiger partial charge in [-0.2, -0.15) is 0 Å². The normalized spacial score (nSPS) is 12.0. The molecule has 0 atom stereocenters. The van der Waals surface area contributed by atoms with E-state index < -0.39 is 0 Å². The fourth-order valence-electron chi connectivity index (χ4n) is 1.94. The molecule has 7 heteroatoms. The third kappa shape index (κ3) is 3.63. The summed E-state index contributed by atoms with van der Waals surface area (Å²) in [6.45, 7) is 1.32. The van der Waals surface area contributed by atoms with E-state index in [1.165, 1.54) is 0 Å². The minimum Gasteiger partial charge on any atom is -0.492 e. The summed E-state index contributed by atoms with van der Waals surface area (Å²) >= 11 is 0. The van der Waals surface area contributed by atoms with Crippen LogP contribution in [0.15, 0.2) is 41.0 Å². The van der Waals surface area contributed by atoms with Gasteiger partial charge in [-0.15, -0.1) is 0 Å². The van der Waals surface area contributed by atoms with Gasteiger partial charge in [0.2, 0.25) is 6.79 Å². The maximum absolute atomic E-state index is 11.5. The zero-order valence-corrected chi connectivity index (χ0v) is 11.8. The molecule has 3 rings (SSSR count). The van der Waals surface area contributed by atoms with E-state index in [-0.39, 0.29) is 12.8 Å². The summed E-state index contributed by atoms with van der Waals surface area (Å²) in [5.74, 6) is 2.75. The molecule has 7 nitrogen and oxygen atoms in total. The van der Waals surface area contributed by atoms with Crippen LogP contribution in [0.3, 0.4) is 0 Å². The zero-order chi connectivity index (χ0) is 15.2. The standard InChI is InChI=1S/C15H16N2O5/c18-15(17-9-12-2-1-6-19-12)16-5-7-20-11-3-4-13-14(8-11)22-10-21-13/h1-4,6,8H,5,7,9-10H2,(H2,16,17,18). The number of hydrogen-bond acceptors (Lipinski definition) is 5. The molecule has 116 valence electrons. The van der Waals surface area contributed by atoms with Gasteiger partial charge in [-0.25, -0.2) is 4.79 Å². The summed E-state index contributed by atoms with van der Waals surface area (Å²) in [6, 6.07) is 8.65. The Morgan fingerprint density at radius 1 is 1.18 bits per heavy atom. The lowest BCUT2D eigenvalue weighted by Crippen LogP contribution is -2.37. The maximum atomic E-state index is 11.5. The van der Waals surface area contributed by atoms with Gasteiger partial charge < -0.3 is 29.3 Å². The fraction of sp³-hybridized carbons (Fsp3) is 0.267. The fourth-order valence-corrected chi connectivity index (χ4v) is 1.94. The van der Waals surface area contributed by atoms with Crippen molar-refractivity contribution in [2.24, 2.45) is 0 Å². The number of ether oxygens (including phenoxy) is 3. The predicted octanol–water partition coefficient (Wildman–Crippen LogP) is 1.89. The Kier molecular flexibility index (Phi) is 4.33. The second kappa shape index (κ2) is 6.75. The Labute approximate surface area is 127 Å². The van der Waals surface area contributed by atoms with Crippen LogP contribution in [-0.4, -0.2) is 26.0 Å². The monoisotopic (exact) mass is 304 g/mol. The van der Waals surface area contributed by atoms with Crippen LogP contribution in [0, 0.1) is 0 Å². The average molecular weight is 304 g/mol. The minimum atomic E-state index is -0.273. The Morgan fingerprint density at radius 3 is 2.95 bits per heavy atom. The first-order chi connectivity index (χ1) is 10.8. The molecule has 0 spiro atoms. The summed E-state index contributed by atoms with van der Waals surface area (Å²) in [5, 5.41) is 5.38. The number of rotatable bonds is 6. The van der Waals surface area contributed by atoms with Crippen LogP contribution in [0.1, 0.15) is 5.76 Å². The van der Waals surface area contributed by atoms with E-state index in [9.17, 15) is 4.79 Å². The van der Waals surface area contributed by atoms with Crippen LogP contribution in [0.25, 0.3) is 0 Å². The molecule has 2 N–H and O–H groups in total. The molecule has 2 heterocycles. The third-order valence-electron chi connectivity index (χ3n) is 3.00. The van der Waals surface area contributed by atoms with E-state index in [0.29, 0.717) is 42.7 Å². The quantitative estimate of drug-likeness (QED) is 0.796. The van der Waals surface area contributed by atoms with Gasteiger partial charge in [0.15, 0.2) is 11.5 Å². The average Bonchev–Trinajstić information content (AvgIpc) is 3.20. The molecule has 1 aromatic heterocycles. The number of benzene rings is 1. The molecule has 0 saturated carbocycles. The van der Waals surface area contributed by atoms with Gasteiger partial charge in [-0.3, -0.25) is 0 Å². The van der Waals surface area contributed by atoms with E-state index in [2.05, 4.69) is 10.6 Å². The van der Waals surface area contributed by atoms with Gasteiger partial charge in [0.05, 0.1) is 19.4 Å². The van der Waals surface area contributed by atoms with Crippen LogP contribution < -0.4 is 24.8 Å². The van der Waals surface area contributed by atoms with E-state index in [4.69, 9.17) is 18.6 Å². The minimum absolute atomic E-state index is 0.232. The molecule has 1 aliphatic heterocycles. The summed E-state index contributed by atoms with van der Waals surface area (Å²) in [7, 11) is 0. The first-order valence-electron chi connectivity index (χ1n) is 6.88. The van der Waals surface area contributed by atoms with Crippen LogP contribution in [0.5, 0.6) is 17.2 Å². The van der Waals surface area contributed by atoms with Crippen LogP contribution in [0.2, 0.25) is 0 Å². The van der Waals surface area contributed by atoms with Crippen molar-refractivity contribution in [3.8, 4) is 17.2 Å². The topological polar surface area (TPSA) is 82.0 Å². The first kappa shape index (κ1) is 14.1. The lowest BCUT2D eigenvalue weighted by molar-refractivity contribution is 0.173. The maximum Gasteiger partial charge on any atom is 0.315 e. The number of fused-ring (bicyclic) bond motifs is 1. The van der Waals surface area contributed by atoms with Gasteiger partial charge in [-0.05, 0) is 24.3 Å². The largest absolute Gasteiger partial charge is 0.492 e. The number of carbonyl (C=O) groups is 1. The van der Waals surface area contributed by atoms with Gasteiger partial charge in [0.25, 0.3) is 0 Å². The molecule has 0 unspecified atom stereocenters.